The van der Waals surface area contributed by atoms with Crippen LogP contribution < -0.4 is 5.73 Å². The molecule has 0 spiro atoms. The van der Waals surface area contributed by atoms with Crippen LogP contribution in [0.4, 0.5) is 5.69 Å². The molecular weight excluding hydrogens is 204 g/mol. The third kappa shape index (κ3) is 1.87. The van der Waals surface area contributed by atoms with E-state index < -0.39 is 5.97 Å². The highest BCUT2D eigenvalue weighted by Gasteiger charge is 2.23. The van der Waals surface area contributed by atoms with Crippen molar-refractivity contribution in [1.82, 2.24) is 4.98 Å². The Hall–Kier alpha value is -1.58. The first-order valence-corrected chi connectivity index (χ1v) is 5.60. The summed E-state index contributed by atoms with van der Waals surface area (Å²) in [5.74, 6) is -0.625. The summed E-state index contributed by atoms with van der Waals surface area (Å²) in [4.78, 5) is 15.4. The Morgan fingerprint density at radius 1 is 1.50 bits per heavy atom. The fourth-order valence-corrected chi connectivity index (χ4v) is 2.39. The van der Waals surface area contributed by atoms with Crippen LogP contribution in [0.2, 0.25) is 0 Å². The van der Waals surface area contributed by atoms with Crippen molar-refractivity contribution in [2.75, 3.05) is 5.73 Å². The van der Waals surface area contributed by atoms with Gasteiger partial charge in [-0.25, -0.2) is 4.79 Å². The van der Waals surface area contributed by atoms with Crippen molar-refractivity contribution in [3.8, 4) is 0 Å². The highest BCUT2D eigenvalue weighted by molar-refractivity contribution is 5.94. The zero-order valence-electron chi connectivity index (χ0n) is 9.36. The van der Waals surface area contributed by atoms with Crippen LogP contribution in [0.25, 0.3) is 0 Å². The summed E-state index contributed by atoms with van der Waals surface area (Å²) >= 11 is 0. The number of rotatable bonds is 2. The Balaban J connectivity index is 2.47. The maximum absolute atomic E-state index is 11.0. The van der Waals surface area contributed by atoms with Crippen LogP contribution in [-0.2, 0) is 0 Å². The monoisotopic (exact) mass is 220 g/mol. The number of carbonyl (C=O) groups is 1. The van der Waals surface area contributed by atoms with Gasteiger partial charge in [0.25, 0.3) is 0 Å². The zero-order valence-corrected chi connectivity index (χ0v) is 9.36. The fourth-order valence-electron chi connectivity index (χ4n) is 2.39. The highest BCUT2D eigenvalue weighted by atomic mass is 16.4. The quantitative estimate of drug-likeness (QED) is 0.802. The van der Waals surface area contributed by atoms with Gasteiger partial charge in [0, 0.05) is 11.6 Å². The number of nitrogens with zero attached hydrogens (tertiary/aromatic N) is 1. The molecule has 86 valence electrons. The SMILES string of the molecule is Cc1cc(C(=O)O)c(N)c(C2CCCC2)n1. The van der Waals surface area contributed by atoms with E-state index in [0.29, 0.717) is 11.6 Å². The van der Waals surface area contributed by atoms with Crippen molar-refractivity contribution in [3.05, 3.63) is 23.0 Å². The average Bonchev–Trinajstić information content (AvgIpc) is 2.73. The molecule has 1 fully saturated rings. The van der Waals surface area contributed by atoms with E-state index in [-0.39, 0.29) is 5.56 Å². The maximum atomic E-state index is 11.0. The van der Waals surface area contributed by atoms with Crippen molar-refractivity contribution >= 4 is 11.7 Å². The molecule has 0 amide bonds. The number of hydrogen-bond donors (Lipinski definition) is 2. The molecule has 0 atom stereocenters. The van der Waals surface area contributed by atoms with Gasteiger partial charge in [0.1, 0.15) is 0 Å². The van der Waals surface area contributed by atoms with E-state index in [4.69, 9.17) is 10.8 Å². The highest BCUT2D eigenvalue weighted by Crippen LogP contribution is 2.36. The molecular formula is C12H16N2O2. The molecule has 1 aliphatic rings. The minimum atomic E-state index is -0.970. The summed E-state index contributed by atoms with van der Waals surface area (Å²) in [6, 6.07) is 1.54. The molecule has 1 aromatic rings. The predicted octanol–water partition coefficient (Wildman–Crippen LogP) is 2.33. The average molecular weight is 220 g/mol. The van der Waals surface area contributed by atoms with Gasteiger partial charge < -0.3 is 10.8 Å². The first-order chi connectivity index (χ1) is 7.59. The lowest BCUT2D eigenvalue weighted by atomic mass is 9.99. The molecule has 0 aromatic carbocycles. The molecule has 0 bridgehead atoms. The summed E-state index contributed by atoms with van der Waals surface area (Å²) in [6.45, 7) is 1.81. The summed E-state index contributed by atoms with van der Waals surface area (Å²) < 4.78 is 0. The molecule has 1 aliphatic carbocycles. The van der Waals surface area contributed by atoms with Crippen molar-refractivity contribution < 1.29 is 9.90 Å². The van der Waals surface area contributed by atoms with Crippen LogP contribution in [0.5, 0.6) is 0 Å². The first-order valence-electron chi connectivity index (χ1n) is 5.60. The molecule has 3 N–H and O–H groups in total. The van der Waals surface area contributed by atoms with E-state index in [9.17, 15) is 4.79 Å². The lowest BCUT2D eigenvalue weighted by Gasteiger charge is -2.14. The Kier molecular flexibility index (Phi) is 2.81. The van der Waals surface area contributed by atoms with E-state index in [2.05, 4.69) is 4.98 Å². The van der Waals surface area contributed by atoms with Gasteiger partial charge in [0.05, 0.1) is 16.9 Å². The molecule has 1 aromatic heterocycles. The summed E-state index contributed by atoms with van der Waals surface area (Å²) in [6.07, 6.45) is 4.50. The van der Waals surface area contributed by atoms with Crippen LogP contribution in [0.15, 0.2) is 6.07 Å². The van der Waals surface area contributed by atoms with Crippen molar-refractivity contribution in [1.29, 1.82) is 0 Å². The molecule has 0 aliphatic heterocycles. The molecule has 0 saturated heterocycles. The molecule has 0 unspecified atom stereocenters. The van der Waals surface area contributed by atoms with Gasteiger partial charge in [-0.2, -0.15) is 0 Å². The van der Waals surface area contributed by atoms with Crippen LogP contribution >= 0.6 is 0 Å². The molecule has 4 heteroatoms. The standard InChI is InChI=1S/C12H16N2O2/c1-7-6-9(12(15)16)10(13)11(14-7)8-4-2-3-5-8/h6,8H,2-5,13H2,1H3,(H,15,16). The normalized spacial score (nSPS) is 16.6. The number of pyridine rings is 1. The molecule has 2 rings (SSSR count). The van der Waals surface area contributed by atoms with Crippen molar-refractivity contribution in [2.45, 2.75) is 38.5 Å². The molecule has 16 heavy (non-hydrogen) atoms. The van der Waals surface area contributed by atoms with Crippen LogP contribution in [0.3, 0.4) is 0 Å². The van der Waals surface area contributed by atoms with Crippen molar-refractivity contribution in [3.63, 3.8) is 0 Å². The van der Waals surface area contributed by atoms with Gasteiger partial charge >= 0.3 is 5.97 Å². The van der Waals surface area contributed by atoms with E-state index in [0.717, 1.165) is 24.2 Å². The topological polar surface area (TPSA) is 76.2 Å². The van der Waals surface area contributed by atoms with Gasteiger partial charge in [-0.3, -0.25) is 4.98 Å². The second kappa shape index (κ2) is 4.12. The third-order valence-corrected chi connectivity index (χ3v) is 3.19. The maximum Gasteiger partial charge on any atom is 0.337 e. The van der Waals surface area contributed by atoms with Gasteiger partial charge in [-0.15, -0.1) is 0 Å². The van der Waals surface area contributed by atoms with Gasteiger partial charge in [-0.05, 0) is 25.8 Å². The number of nitrogen functional groups attached to an aromatic ring is 1. The van der Waals surface area contributed by atoms with Crippen LogP contribution in [0, 0.1) is 6.92 Å². The van der Waals surface area contributed by atoms with Crippen molar-refractivity contribution in [2.24, 2.45) is 0 Å². The minimum absolute atomic E-state index is 0.189. The number of carboxylic acids is 1. The summed E-state index contributed by atoms with van der Waals surface area (Å²) in [5, 5.41) is 9.05. The Morgan fingerprint density at radius 2 is 2.12 bits per heavy atom. The lowest BCUT2D eigenvalue weighted by Crippen LogP contribution is -2.10. The Morgan fingerprint density at radius 3 is 2.69 bits per heavy atom. The molecule has 1 heterocycles. The van der Waals surface area contributed by atoms with E-state index in [1.54, 1.807) is 0 Å². The smallest absolute Gasteiger partial charge is 0.337 e. The van der Waals surface area contributed by atoms with Crippen LogP contribution in [-0.4, -0.2) is 16.1 Å². The molecule has 4 nitrogen and oxygen atoms in total. The number of aromatic carboxylic acids is 1. The van der Waals surface area contributed by atoms with E-state index in [1.807, 2.05) is 6.92 Å². The van der Waals surface area contributed by atoms with Crippen LogP contribution in [0.1, 0.15) is 53.3 Å². The number of anilines is 1. The van der Waals surface area contributed by atoms with E-state index in [1.165, 1.54) is 18.9 Å². The lowest BCUT2D eigenvalue weighted by molar-refractivity contribution is 0.0697. The van der Waals surface area contributed by atoms with Gasteiger partial charge in [-0.1, -0.05) is 12.8 Å². The number of aromatic nitrogens is 1. The predicted molar refractivity (Wildman–Crippen MR) is 61.6 cm³/mol. The number of aryl methyl sites for hydroxylation is 1. The zero-order chi connectivity index (χ0) is 11.7. The summed E-state index contributed by atoms with van der Waals surface area (Å²) in [7, 11) is 0. The Labute approximate surface area is 94.5 Å². The van der Waals surface area contributed by atoms with E-state index >= 15 is 0 Å². The second-order valence-corrected chi connectivity index (χ2v) is 4.40. The second-order valence-electron chi connectivity index (χ2n) is 4.40. The Bertz CT molecular complexity index is 423. The number of nitrogens with two attached hydrogens (primary N) is 1. The largest absolute Gasteiger partial charge is 0.478 e. The fraction of sp³-hybridized carbons (Fsp3) is 0.500. The summed E-state index contributed by atoms with van der Waals surface area (Å²) in [5.41, 5.74) is 7.95. The molecule has 1 saturated carbocycles. The van der Waals surface area contributed by atoms with Gasteiger partial charge in [0.2, 0.25) is 0 Å². The minimum Gasteiger partial charge on any atom is -0.478 e. The third-order valence-electron chi connectivity index (χ3n) is 3.19. The number of carboxylic acid groups (broad SMARTS) is 1. The van der Waals surface area contributed by atoms with Gasteiger partial charge in [0.15, 0.2) is 0 Å². The number of hydrogen-bond acceptors (Lipinski definition) is 3. The first kappa shape index (κ1) is 10.9. The molecule has 0 radical (unpaired) electrons.